The summed E-state index contributed by atoms with van der Waals surface area (Å²) in [7, 11) is 0. The first-order valence-electron chi connectivity index (χ1n) is 8.18. The number of hydrazine groups is 1. The fourth-order valence-electron chi connectivity index (χ4n) is 3.24. The van der Waals surface area contributed by atoms with E-state index < -0.39 is 0 Å². The maximum absolute atomic E-state index is 12.3. The van der Waals surface area contributed by atoms with Crippen LogP contribution in [0.3, 0.4) is 0 Å². The van der Waals surface area contributed by atoms with Crippen LogP contribution in [0.5, 0.6) is 0 Å². The molecule has 0 radical (unpaired) electrons. The lowest BCUT2D eigenvalue weighted by Crippen LogP contribution is -2.49. The van der Waals surface area contributed by atoms with Crippen LogP contribution in [0, 0.1) is 5.92 Å². The molecule has 1 fully saturated rings. The molecule has 0 aromatic rings. The van der Waals surface area contributed by atoms with Crippen LogP contribution in [0.15, 0.2) is 0 Å². The van der Waals surface area contributed by atoms with Gasteiger partial charge in [-0.15, -0.1) is 0 Å². The lowest BCUT2D eigenvalue weighted by molar-refractivity contribution is -0.0381. The van der Waals surface area contributed by atoms with E-state index in [1.807, 2.05) is 18.9 Å². The molecule has 20 heavy (non-hydrogen) atoms. The number of carbonyl (C=O) groups is 1. The molecule has 0 aromatic heterocycles. The molecule has 0 unspecified atom stereocenters. The summed E-state index contributed by atoms with van der Waals surface area (Å²) in [5, 5.41) is 4.11. The van der Waals surface area contributed by atoms with E-state index in [2.05, 4.69) is 32.7 Å². The van der Waals surface area contributed by atoms with Gasteiger partial charge in [-0.25, -0.2) is 14.8 Å². The Labute approximate surface area is 124 Å². The van der Waals surface area contributed by atoms with E-state index in [1.54, 1.807) is 0 Å². The SMILES string of the molecule is CCC[C@H]1CN(C(=O)OC(C)C)N(C(C)C)[C@@H]1CCC. The number of rotatable bonds is 6. The molecule has 0 spiro atoms. The molecule has 0 N–H and O–H groups in total. The average Bonchev–Trinajstić information content (AvgIpc) is 2.68. The fourth-order valence-corrected chi connectivity index (χ4v) is 3.24. The van der Waals surface area contributed by atoms with Gasteiger partial charge >= 0.3 is 6.09 Å². The summed E-state index contributed by atoms with van der Waals surface area (Å²) in [4.78, 5) is 12.3. The van der Waals surface area contributed by atoms with Crippen LogP contribution in [-0.2, 0) is 4.74 Å². The molecule has 0 bridgehead atoms. The van der Waals surface area contributed by atoms with Gasteiger partial charge in [-0.05, 0) is 46.5 Å². The highest BCUT2D eigenvalue weighted by Gasteiger charge is 2.43. The van der Waals surface area contributed by atoms with Crippen molar-refractivity contribution >= 4 is 6.09 Å². The highest BCUT2D eigenvalue weighted by Crippen LogP contribution is 2.33. The van der Waals surface area contributed by atoms with E-state index in [9.17, 15) is 4.79 Å². The maximum Gasteiger partial charge on any atom is 0.424 e. The van der Waals surface area contributed by atoms with Crippen LogP contribution < -0.4 is 0 Å². The van der Waals surface area contributed by atoms with Crippen LogP contribution in [0.2, 0.25) is 0 Å². The van der Waals surface area contributed by atoms with Crippen molar-refractivity contribution in [1.29, 1.82) is 0 Å². The first-order valence-corrected chi connectivity index (χ1v) is 8.18. The zero-order chi connectivity index (χ0) is 15.3. The third-order valence-electron chi connectivity index (χ3n) is 3.89. The van der Waals surface area contributed by atoms with Crippen molar-refractivity contribution in [2.45, 2.75) is 85.4 Å². The topological polar surface area (TPSA) is 32.8 Å². The number of carbonyl (C=O) groups excluding carboxylic acids is 1. The molecular weight excluding hydrogens is 252 g/mol. The van der Waals surface area contributed by atoms with Gasteiger partial charge in [-0.1, -0.05) is 26.7 Å². The zero-order valence-electron chi connectivity index (χ0n) is 14.1. The lowest BCUT2D eigenvalue weighted by atomic mass is 9.92. The molecular formula is C16H32N2O2. The minimum atomic E-state index is -0.187. The van der Waals surface area contributed by atoms with Crippen molar-refractivity contribution < 1.29 is 9.53 Å². The van der Waals surface area contributed by atoms with E-state index in [0.717, 1.165) is 19.4 Å². The van der Waals surface area contributed by atoms with Crippen molar-refractivity contribution in [1.82, 2.24) is 10.0 Å². The fraction of sp³-hybridized carbons (Fsp3) is 0.938. The molecule has 0 aromatic carbocycles. The molecule has 1 amide bonds. The highest BCUT2D eigenvalue weighted by atomic mass is 16.6. The van der Waals surface area contributed by atoms with Gasteiger partial charge < -0.3 is 4.74 Å². The van der Waals surface area contributed by atoms with Gasteiger partial charge in [0.2, 0.25) is 0 Å². The molecule has 118 valence electrons. The van der Waals surface area contributed by atoms with Crippen molar-refractivity contribution in [2.24, 2.45) is 5.92 Å². The van der Waals surface area contributed by atoms with Gasteiger partial charge in [0.1, 0.15) is 0 Å². The molecule has 1 rings (SSSR count). The van der Waals surface area contributed by atoms with Crippen molar-refractivity contribution in [3.05, 3.63) is 0 Å². The summed E-state index contributed by atoms with van der Waals surface area (Å²) in [6.07, 6.45) is 4.40. The number of nitrogens with zero attached hydrogens (tertiary/aromatic N) is 2. The Morgan fingerprint density at radius 1 is 1.15 bits per heavy atom. The average molecular weight is 284 g/mol. The number of hydrogen-bond donors (Lipinski definition) is 0. The summed E-state index contributed by atoms with van der Waals surface area (Å²) in [6.45, 7) is 13.4. The van der Waals surface area contributed by atoms with Gasteiger partial charge in [0.15, 0.2) is 0 Å². The molecule has 1 heterocycles. The Morgan fingerprint density at radius 3 is 2.20 bits per heavy atom. The van der Waals surface area contributed by atoms with Crippen molar-refractivity contribution in [2.75, 3.05) is 6.54 Å². The summed E-state index contributed by atoms with van der Waals surface area (Å²) in [5.74, 6) is 0.571. The maximum atomic E-state index is 12.3. The monoisotopic (exact) mass is 284 g/mol. The molecule has 1 aliphatic rings. The van der Waals surface area contributed by atoms with E-state index in [1.165, 1.54) is 12.8 Å². The summed E-state index contributed by atoms with van der Waals surface area (Å²) in [5.41, 5.74) is 0. The first-order chi connectivity index (χ1) is 9.42. The Balaban J connectivity index is 2.89. The standard InChI is InChI=1S/C16H32N2O2/c1-7-9-14-11-17(16(19)20-13(5)6)18(12(3)4)15(14)10-8-2/h12-15H,7-11H2,1-6H3/t14-,15+/m0/s1. The predicted molar refractivity (Wildman–Crippen MR) is 82.4 cm³/mol. The molecule has 2 atom stereocenters. The van der Waals surface area contributed by atoms with Gasteiger partial charge in [-0.3, -0.25) is 0 Å². The van der Waals surface area contributed by atoms with Gasteiger partial charge in [-0.2, -0.15) is 0 Å². The van der Waals surface area contributed by atoms with Crippen LogP contribution >= 0.6 is 0 Å². The molecule has 1 aliphatic heterocycles. The minimum Gasteiger partial charge on any atom is -0.446 e. The van der Waals surface area contributed by atoms with E-state index >= 15 is 0 Å². The van der Waals surface area contributed by atoms with Gasteiger partial charge in [0.05, 0.1) is 6.10 Å². The number of amides is 1. The Morgan fingerprint density at radius 2 is 1.75 bits per heavy atom. The smallest absolute Gasteiger partial charge is 0.424 e. The largest absolute Gasteiger partial charge is 0.446 e. The molecule has 4 nitrogen and oxygen atoms in total. The van der Waals surface area contributed by atoms with E-state index in [-0.39, 0.29) is 12.2 Å². The Kier molecular flexibility index (Phi) is 6.80. The second kappa shape index (κ2) is 7.87. The summed E-state index contributed by atoms with van der Waals surface area (Å²) >= 11 is 0. The van der Waals surface area contributed by atoms with Crippen LogP contribution in [0.1, 0.15) is 67.2 Å². The van der Waals surface area contributed by atoms with Crippen LogP contribution in [-0.4, -0.2) is 40.8 Å². The lowest BCUT2D eigenvalue weighted by Gasteiger charge is -2.35. The Bertz CT molecular complexity index is 305. The molecule has 0 aliphatic carbocycles. The second-order valence-electron chi connectivity index (χ2n) is 6.39. The minimum absolute atomic E-state index is 0.0636. The van der Waals surface area contributed by atoms with Crippen molar-refractivity contribution in [3.63, 3.8) is 0 Å². The number of ether oxygens (including phenoxy) is 1. The Hall–Kier alpha value is -0.770. The third-order valence-corrected chi connectivity index (χ3v) is 3.89. The zero-order valence-corrected chi connectivity index (χ0v) is 14.1. The highest BCUT2D eigenvalue weighted by molar-refractivity contribution is 5.67. The normalized spacial score (nSPS) is 23.9. The molecule has 4 heteroatoms. The van der Waals surface area contributed by atoms with E-state index in [4.69, 9.17) is 4.74 Å². The van der Waals surface area contributed by atoms with E-state index in [0.29, 0.717) is 18.0 Å². The van der Waals surface area contributed by atoms with Gasteiger partial charge in [0, 0.05) is 18.6 Å². The van der Waals surface area contributed by atoms with Crippen LogP contribution in [0.4, 0.5) is 4.79 Å². The quantitative estimate of drug-likeness (QED) is 0.737. The number of hydrogen-bond acceptors (Lipinski definition) is 3. The van der Waals surface area contributed by atoms with Crippen molar-refractivity contribution in [3.8, 4) is 0 Å². The third kappa shape index (κ3) is 4.11. The second-order valence-corrected chi connectivity index (χ2v) is 6.39. The first kappa shape index (κ1) is 17.3. The molecule has 1 saturated heterocycles. The summed E-state index contributed by atoms with van der Waals surface area (Å²) < 4.78 is 5.41. The van der Waals surface area contributed by atoms with Gasteiger partial charge in [0.25, 0.3) is 0 Å². The predicted octanol–water partition coefficient (Wildman–Crippen LogP) is 4.06. The summed E-state index contributed by atoms with van der Waals surface area (Å²) in [6, 6.07) is 0.799. The molecule has 0 saturated carbocycles. The van der Waals surface area contributed by atoms with Crippen LogP contribution in [0.25, 0.3) is 0 Å².